The number of hydrogen-bond acceptors (Lipinski definition) is 3. The molecule has 12 heavy (non-hydrogen) atoms. The molecule has 1 heterocycles. The number of ether oxygens (including phenoxy) is 1. The van der Waals surface area contributed by atoms with Crippen molar-refractivity contribution < 1.29 is 4.74 Å². The van der Waals surface area contributed by atoms with Gasteiger partial charge in [-0.25, -0.2) is 0 Å². The Morgan fingerprint density at radius 2 is 2.08 bits per heavy atom. The van der Waals surface area contributed by atoms with Crippen molar-refractivity contribution in [2.45, 2.75) is 38.1 Å². The minimum atomic E-state index is 0.125. The minimum Gasteiger partial charge on any atom is -0.379 e. The molecule has 0 radical (unpaired) electrons. The molecule has 1 saturated heterocycles. The number of thioether (sulfide) groups is 1. The summed E-state index contributed by atoms with van der Waals surface area (Å²) < 4.78 is 5.43. The molecule has 2 nitrogen and oxygen atoms in total. The highest BCUT2D eigenvalue weighted by molar-refractivity contribution is 8.00. The summed E-state index contributed by atoms with van der Waals surface area (Å²) >= 11 is 1.96. The fraction of sp³-hybridized carbons (Fsp3) is 1.00. The topological polar surface area (TPSA) is 21.3 Å². The van der Waals surface area contributed by atoms with Crippen LogP contribution in [0.15, 0.2) is 0 Å². The zero-order valence-electron chi connectivity index (χ0n) is 8.44. The first-order valence-corrected chi connectivity index (χ1v) is 5.47. The van der Waals surface area contributed by atoms with Crippen LogP contribution in [-0.4, -0.2) is 29.4 Å². The molecule has 1 unspecified atom stereocenters. The molecular weight excluding hydrogens is 170 g/mol. The standard InChI is InChI=1S/C9H19NOS/c1-5-11-6-9(4)10-8(2,3)7-12-9/h10H,5-7H2,1-4H3. The van der Waals surface area contributed by atoms with Crippen molar-refractivity contribution in [3.05, 3.63) is 0 Å². The Hall–Kier alpha value is 0.270. The fourth-order valence-corrected chi connectivity index (χ4v) is 2.77. The van der Waals surface area contributed by atoms with Gasteiger partial charge in [-0.1, -0.05) is 0 Å². The Kier molecular flexibility index (Phi) is 3.07. The van der Waals surface area contributed by atoms with Gasteiger partial charge in [-0.2, -0.15) is 0 Å². The number of rotatable bonds is 3. The van der Waals surface area contributed by atoms with Crippen molar-refractivity contribution in [2.24, 2.45) is 0 Å². The summed E-state index contributed by atoms with van der Waals surface area (Å²) in [5.74, 6) is 1.16. The normalized spacial score (nSPS) is 34.0. The van der Waals surface area contributed by atoms with E-state index < -0.39 is 0 Å². The quantitative estimate of drug-likeness (QED) is 0.732. The maximum Gasteiger partial charge on any atom is 0.0858 e. The Bertz CT molecular complexity index is 161. The molecule has 1 rings (SSSR count). The summed E-state index contributed by atoms with van der Waals surface area (Å²) in [5.41, 5.74) is 0.260. The van der Waals surface area contributed by atoms with Crippen molar-refractivity contribution in [3.8, 4) is 0 Å². The molecule has 0 amide bonds. The molecule has 1 aliphatic rings. The van der Waals surface area contributed by atoms with Crippen LogP contribution in [-0.2, 0) is 4.74 Å². The lowest BCUT2D eigenvalue weighted by Gasteiger charge is -2.27. The van der Waals surface area contributed by atoms with Gasteiger partial charge in [-0.3, -0.25) is 5.32 Å². The van der Waals surface area contributed by atoms with Crippen LogP contribution in [0.25, 0.3) is 0 Å². The van der Waals surface area contributed by atoms with E-state index in [-0.39, 0.29) is 10.4 Å². The molecule has 0 bridgehead atoms. The van der Waals surface area contributed by atoms with Gasteiger partial charge in [0.25, 0.3) is 0 Å². The lowest BCUT2D eigenvalue weighted by molar-refractivity contribution is 0.112. The third-order valence-electron chi connectivity index (χ3n) is 1.94. The van der Waals surface area contributed by atoms with Crippen LogP contribution in [0.1, 0.15) is 27.7 Å². The monoisotopic (exact) mass is 189 g/mol. The van der Waals surface area contributed by atoms with Crippen LogP contribution in [0.4, 0.5) is 0 Å². The van der Waals surface area contributed by atoms with Gasteiger partial charge < -0.3 is 4.74 Å². The van der Waals surface area contributed by atoms with E-state index in [0.29, 0.717) is 0 Å². The highest BCUT2D eigenvalue weighted by atomic mass is 32.2. The molecular formula is C9H19NOS. The number of nitrogens with one attached hydrogen (secondary N) is 1. The average molecular weight is 189 g/mol. The largest absolute Gasteiger partial charge is 0.379 e. The van der Waals surface area contributed by atoms with Crippen LogP contribution in [0.3, 0.4) is 0 Å². The van der Waals surface area contributed by atoms with Crippen LogP contribution in [0.2, 0.25) is 0 Å². The second kappa shape index (κ2) is 3.56. The van der Waals surface area contributed by atoms with Gasteiger partial charge in [0.1, 0.15) is 0 Å². The third-order valence-corrected chi connectivity index (χ3v) is 3.66. The molecule has 0 spiro atoms. The molecule has 0 aromatic heterocycles. The SMILES string of the molecule is CCOCC1(C)NC(C)(C)CS1. The van der Waals surface area contributed by atoms with Crippen LogP contribution in [0.5, 0.6) is 0 Å². The van der Waals surface area contributed by atoms with Crippen molar-refractivity contribution >= 4 is 11.8 Å². The van der Waals surface area contributed by atoms with E-state index in [1.165, 1.54) is 0 Å². The zero-order valence-corrected chi connectivity index (χ0v) is 9.25. The molecule has 0 aliphatic carbocycles. The van der Waals surface area contributed by atoms with Gasteiger partial charge in [0.05, 0.1) is 11.5 Å². The van der Waals surface area contributed by atoms with Crippen molar-refractivity contribution in [2.75, 3.05) is 19.0 Å². The van der Waals surface area contributed by atoms with Crippen LogP contribution < -0.4 is 5.32 Å². The van der Waals surface area contributed by atoms with Gasteiger partial charge in [-0.15, -0.1) is 11.8 Å². The predicted molar refractivity (Wildman–Crippen MR) is 54.6 cm³/mol. The van der Waals surface area contributed by atoms with E-state index in [0.717, 1.165) is 19.0 Å². The maximum atomic E-state index is 5.43. The summed E-state index contributed by atoms with van der Waals surface area (Å²) in [6.45, 7) is 10.3. The Labute approximate surface area is 79.4 Å². The molecule has 0 aromatic rings. The average Bonchev–Trinajstić information content (AvgIpc) is 2.23. The first-order chi connectivity index (χ1) is 5.47. The lowest BCUT2D eigenvalue weighted by Crippen LogP contribution is -2.47. The molecule has 72 valence electrons. The van der Waals surface area contributed by atoms with Crippen LogP contribution in [0, 0.1) is 0 Å². The summed E-state index contributed by atoms with van der Waals surface area (Å²) in [6, 6.07) is 0. The van der Waals surface area contributed by atoms with Crippen molar-refractivity contribution in [3.63, 3.8) is 0 Å². The maximum absolute atomic E-state index is 5.43. The van der Waals surface area contributed by atoms with E-state index >= 15 is 0 Å². The lowest BCUT2D eigenvalue weighted by atomic mass is 10.1. The van der Waals surface area contributed by atoms with Crippen molar-refractivity contribution in [1.29, 1.82) is 0 Å². The van der Waals surface area contributed by atoms with Gasteiger partial charge in [0.15, 0.2) is 0 Å². The molecule has 1 atom stereocenters. The first-order valence-electron chi connectivity index (χ1n) is 4.48. The summed E-state index contributed by atoms with van der Waals surface area (Å²) in [4.78, 5) is 0.125. The van der Waals surface area contributed by atoms with Gasteiger partial charge in [0.2, 0.25) is 0 Å². The second-order valence-corrected chi connectivity index (χ2v) is 5.64. The Morgan fingerprint density at radius 3 is 2.50 bits per heavy atom. The van der Waals surface area contributed by atoms with Gasteiger partial charge in [-0.05, 0) is 27.7 Å². The second-order valence-electron chi connectivity index (χ2n) is 4.17. The molecule has 1 fully saturated rings. The van der Waals surface area contributed by atoms with Gasteiger partial charge in [0, 0.05) is 17.9 Å². The van der Waals surface area contributed by atoms with Crippen LogP contribution >= 0.6 is 11.8 Å². The third kappa shape index (κ3) is 2.64. The summed E-state index contributed by atoms with van der Waals surface area (Å²) in [7, 11) is 0. The van der Waals surface area contributed by atoms with E-state index in [4.69, 9.17) is 4.74 Å². The van der Waals surface area contributed by atoms with Crippen molar-refractivity contribution in [1.82, 2.24) is 5.32 Å². The summed E-state index contributed by atoms with van der Waals surface area (Å²) in [6.07, 6.45) is 0. The predicted octanol–water partition coefficient (Wildman–Crippen LogP) is 1.85. The van der Waals surface area contributed by atoms with E-state index in [1.54, 1.807) is 0 Å². The molecule has 1 N–H and O–H groups in total. The molecule has 0 aromatic carbocycles. The molecule has 1 aliphatic heterocycles. The first kappa shape index (κ1) is 10.4. The molecule has 3 heteroatoms. The number of hydrogen-bond donors (Lipinski definition) is 1. The fourth-order valence-electron chi connectivity index (χ4n) is 1.50. The molecule has 0 saturated carbocycles. The Balaban J connectivity index is 2.41. The highest BCUT2D eigenvalue weighted by Crippen LogP contribution is 2.35. The summed E-state index contributed by atoms with van der Waals surface area (Å²) in [5, 5.41) is 3.58. The van der Waals surface area contributed by atoms with Gasteiger partial charge >= 0.3 is 0 Å². The van der Waals surface area contributed by atoms with E-state index in [2.05, 4.69) is 26.1 Å². The highest BCUT2D eigenvalue weighted by Gasteiger charge is 2.39. The Morgan fingerprint density at radius 1 is 1.42 bits per heavy atom. The minimum absolute atomic E-state index is 0.125. The zero-order chi connectivity index (χ0) is 9.24. The van der Waals surface area contributed by atoms with E-state index in [9.17, 15) is 0 Å². The smallest absolute Gasteiger partial charge is 0.0858 e. The van der Waals surface area contributed by atoms with E-state index in [1.807, 2.05) is 18.7 Å².